The van der Waals surface area contributed by atoms with Crippen molar-refractivity contribution in [2.45, 2.75) is 33.2 Å². The van der Waals surface area contributed by atoms with Gasteiger partial charge in [0.15, 0.2) is 0 Å². The fourth-order valence-electron chi connectivity index (χ4n) is 2.29. The summed E-state index contributed by atoms with van der Waals surface area (Å²) in [5.41, 5.74) is 1.00. The summed E-state index contributed by atoms with van der Waals surface area (Å²) in [5, 5.41) is 2.96. The molecule has 0 bridgehead atoms. The van der Waals surface area contributed by atoms with Crippen LogP contribution in [0.3, 0.4) is 0 Å². The molecule has 1 aliphatic rings. The molecule has 0 aromatic carbocycles. The number of nitrogens with one attached hydrogen (secondary N) is 1. The molecule has 2 amide bonds. The van der Waals surface area contributed by atoms with Gasteiger partial charge in [0.2, 0.25) is 5.88 Å². The average Bonchev–Trinajstić information content (AvgIpc) is 2.46. The molecule has 1 fully saturated rings. The van der Waals surface area contributed by atoms with Gasteiger partial charge in [-0.2, -0.15) is 0 Å². The highest BCUT2D eigenvalue weighted by molar-refractivity contribution is 5.74. The van der Waals surface area contributed by atoms with E-state index in [1.807, 2.05) is 24.0 Å². The molecule has 2 rings (SSSR count). The van der Waals surface area contributed by atoms with Crippen molar-refractivity contribution >= 4 is 6.03 Å². The Labute approximate surface area is 120 Å². The molecule has 1 aromatic heterocycles. The van der Waals surface area contributed by atoms with Gasteiger partial charge in [0, 0.05) is 31.9 Å². The Kier molecular flexibility index (Phi) is 5.21. The molecule has 0 radical (unpaired) electrons. The van der Waals surface area contributed by atoms with E-state index in [9.17, 15) is 4.79 Å². The number of rotatable bonds is 4. The molecule has 1 N–H and O–H groups in total. The number of hydrogen-bond acceptors (Lipinski definition) is 3. The lowest BCUT2D eigenvalue weighted by atomic mass is 10.00. The van der Waals surface area contributed by atoms with Crippen molar-refractivity contribution in [2.24, 2.45) is 5.92 Å². The number of carbonyl (C=O) groups is 1. The van der Waals surface area contributed by atoms with Crippen LogP contribution in [0.15, 0.2) is 18.3 Å². The van der Waals surface area contributed by atoms with Crippen LogP contribution in [0.25, 0.3) is 0 Å². The minimum Gasteiger partial charge on any atom is -0.478 e. The predicted octanol–water partition coefficient (Wildman–Crippen LogP) is 2.42. The first-order chi connectivity index (χ1) is 9.69. The van der Waals surface area contributed by atoms with E-state index in [4.69, 9.17) is 4.74 Å². The molecular weight excluding hydrogens is 254 g/mol. The van der Waals surface area contributed by atoms with Gasteiger partial charge in [-0.15, -0.1) is 0 Å². The number of aromatic nitrogens is 1. The van der Waals surface area contributed by atoms with Gasteiger partial charge in [-0.05, 0) is 37.3 Å². The molecule has 0 atom stereocenters. The number of amides is 2. The van der Waals surface area contributed by atoms with Crippen LogP contribution in [-0.4, -0.2) is 35.6 Å². The Morgan fingerprint density at radius 1 is 1.50 bits per heavy atom. The van der Waals surface area contributed by atoms with Crippen LogP contribution in [0.2, 0.25) is 0 Å². The van der Waals surface area contributed by atoms with Crippen molar-refractivity contribution in [3.63, 3.8) is 0 Å². The lowest BCUT2D eigenvalue weighted by Gasteiger charge is -2.30. The second-order valence-corrected chi connectivity index (χ2v) is 5.26. The first kappa shape index (κ1) is 14.6. The number of likely N-dealkylation sites (tertiary alicyclic amines) is 1. The van der Waals surface area contributed by atoms with E-state index >= 15 is 0 Å². The maximum Gasteiger partial charge on any atom is 0.317 e. The molecule has 0 saturated carbocycles. The summed E-state index contributed by atoms with van der Waals surface area (Å²) in [6.45, 7) is 6.97. The molecule has 20 heavy (non-hydrogen) atoms. The Morgan fingerprint density at radius 3 is 2.95 bits per heavy atom. The largest absolute Gasteiger partial charge is 0.478 e. The maximum atomic E-state index is 12.1. The summed E-state index contributed by atoms with van der Waals surface area (Å²) >= 11 is 0. The lowest BCUT2D eigenvalue weighted by Crippen LogP contribution is -2.43. The third-order valence-electron chi connectivity index (χ3n) is 3.61. The molecule has 2 heterocycles. The van der Waals surface area contributed by atoms with Gasteiger partial charge < -0.3 is 15.0 Å². The maximum absolute atomic E-state index is 12.1. The Bertz CT molecular complexity index is 442. The van der Waals surface area contributed by atoms with Gasteiger partial charge >= 0.3 is 6.03 Å². The topological polar surface area (TPSA) is 54.5 Å². The molecule has 5 nitrogen and oxygen atoms in total. The number of ether oxygens (including phenoxy) is 1. The van der Waals surface area contributed by atoms with E-state index in [1.54, 1.807) is 6.20 Å². The first-order valence-electron chi connectivity index (χ1n) is 7.29. The standard InChI is InChI=1S/C15H23N3O2/c1-3-20-14-10-13(4-7-16-14)11-17-15(19)18-8-5-12(2)6-9-18/h4,7,10,12H,3,5-6,8-9,11H2,1-2H3,(H,17,19). The van der Waals surface area contributed by atoms with Gasteiger partial charge in [0.1, 0.15) is 0 Å². The van der Waals surface area contributed by atoms with Crippen molar-refractivity contribution < 1.29 is 9.53 Å². The van der Waals surface area contributed by atoms with Gasteiger partial charge in [-0.3, -0.25) is 0 Å². The summed E-state index contributed by atoms with van der Waals surface area (Å²) < 4.78 is 5.35. The van der Waals surface area contributed by atoms with E-state index in [0.29, 0.717) is 19.0 Å². The number of carbonyl (C=O) groups excluding carboxylic acids is 1. The fraction of sp³-hybridized carbons (Fsp3) is 0.600. The minimum absolute atomic E-state index is 0.0201. The van der Waals surface area contributed by atoms with Crippen LogP contribution < -0.4 is 10.1 Å². The summed E-state index contributed by atoms with van der Waals surface area (Å²) in [6.07, 6.45) is 3.89. The van der Waals surface area contributed by atoms with Crippen LogP contribution in [0.5, 0.6) is 5.88 Å². The van der Waals surface area contributed by atoms with Crippen LogP contribution in [0.1, 0.15) is 32.3 Å². The van der Waals surface area contributed by atoms with E-state index < -0.39 is 0 Å². The van der Waals surface area contributed by atoms with Gasteiger partial charge in [-0.25, -0.2) is 9.78 Å². The number of hydrogen-bond donors (Lipinski definition) is 1. The van der Waals surface area contributed by atoms with E-state index in [0.717, 1.165) is 37.4 Å². The highest BCUT2D eigenvalue weighted by Gasteiger charge is 2.19. The van der Waals surface area contributed by atoms with Crippen LogP contribution in [-0.2, 0) is 6.54 Å². The molecule has 0 spiro atoms. The molecule has 110 valence electrons. The Morgan fingerprint density at radius 2 is 2.25 bits per heavy atom. The monoisotopic (exact) mass is 277 g/mol. The summed E-state index contributed by atoms with van der Waals surface area (Å²) in [5.74, 6) is 1.33. The van der Waals surface area contributed by atoms with E-state index in [-0.39, 0.29) is 6.03 Å². The number of piperidine rings is 1. The molecule has 0 aliphatic carbocycles. The third kappa shape index (κ3) is 4.11. The molecule has 1 saturated heterocycles. The highest BCUT2D eigenvalue weighted by Crippen LogP contribution is 2.16. The second kappa shape index (κ2) is 7.12. The third-order valence-corrected chi connectivity index (χ3v) is 3.61. The van der Waals surface area contributed by atoms with Crippen LogP contribution in [0.4, 0.5) is 4.79 Å². The molecule has 1 aromatic rings. The SMILES string of the molecule is CCOc1cc(CNC(=O)N2CCC(C)CC2)ccn1. The molecule has 5 heteroatoms. The summed E-state index contributed by atoms with van der Waals surface area (Å²) in [4.78, 5) is 18.1. The molecule has 1 aliphatic heterocycles. The predicted molar refractivity (Wildman–Crippen MR) is 77.6 cm³/mol. The first-order valence-corrected chi connectivity index (χ1v) is 7.29. The summed E-state index contributed by atoms with van der Waals surface area (Å²) in [7, 11) is 0. The fourth-order valence-corrected chi connectivity index (χ4v) is 2.29. The number of nitrogens with zero attached hydrogens (tertiary/aromatic N) is 2. The van der Waals surface area contributed by atoms with Gasteiger partial charge in [0.25, 0.3) is 0 Å². The Hall–Kier alpha value is -1.78. The minimum atomic E-state index is 0.0201. The lowest BCUT2D eigenvalue weighted by molar-refractivity contribution is 0.173. The van der Waals surface area contributed by atoms with Crippen LogP contribution >= 0.6 is 0 Å². The smallest absolute Gasteiger partial charge is 0.317 e. The number of pyridine rings is 1. The zero-order valence-corrected chi connectivity index (χ0v) is 12.3. The number of urea groups is 1. The molecular formula is C15H23N3O2. The van der Waals surface area contributed by atoms with Crippen molar-refractivity contribution in [3.05, 3.63) is 23.9 Å². The average molecular weight is 277 g/mol. The van der Waals surface area contributed by atoms with E-state index in [2.05, 4.69) is 17.2 Å². The van der Waals surface area contributed by atoms with Crippen molar-refractivity contribution in [2.75, 3.05) is 19.7 Å². The van der Waals surface area contributed by atoms with Crippen molar-refractivity contribution in [3.8, 4) is 5.88 Å². The highest BCUT2D eigenvalue weighted by atomic mass is 16.5. The normalized spacial score (nSPS) is 16.0. The molecule has 0 unspecified atom stereocenters. The van der Waals surface area contributed by atoms with E-state index in [1.165, 1.54) is 0 Å². The zero-order valence-electron chi connectivity index (χ0n) is 12.3. The van der Waals surface area contributed by atoms with Gasteiger partial charge in [0.05, 0.1) is 6.61 Å². The second-order valence-electron chi connectivity index (χ2n) is 5.26. The quantitative estimate of drug-likeness (QED) is 0.919. The van der Waals surface area contributed by atoms with Crippen molar-refractivity contribution in [1.82, 2.24) is 15.2 Å². The summed E-state index contributed by atoms with van der Waals surface area (Å²) in [6, 6.07) is 3.77. The van der Waals surface area contributed by atoms with Crippen molar-refractivity contribution in [1.29, 1.82) is 0 Å². The van der Waals surface area contributed by atoms with Gasteiger partial charge in [-0.1, -0.05) is 6.92 Å². The Balaban J connectivity index is 1.82. The zero-order chi connectivity index (χ0) is 14.4. The van der Waals surface area contributed by atoms with Crippen LogP contribution in [0, 0.1) is 5.92 Å².